The number of carbonyl (C=O) groups is 2. The number of anilines is 1. The largest absolute Gasteiger partial charge is 0.416 e. The molecule has 0 atom stereocenters. The third-order valence-electron chi connectivity index (χ3n) is 4.92. The highest BCUT2D eigenvalue weighted by Gasteiger charge is 2.33. The number of alkyl halides is 3. The monoisotopic (exact) mass is 467 g/mol. The molecule has 2 aromatic rings. The molecule has 1 saturated heterocycles. The molecule has 1 heterocycles. The molecule has 0 aliphatic carbocycles. The number of likely N-dealkylation sites (tertiary alicyclic amines) is 1. The predicted octanol–water partition coefficient (Wildman–Crippen LogP) is 4.97. The molecule has 170 valence electrons. The Labute approximate surface area is 186 Å². The van der Waals surface area contributed by atoms with Crippen molar-refractivity contribution < 1.29 is 27.7 Å². The molecule has 2 aromatic carbocycles. The first-order valence-corrected chi connectivity index (χ1v) is 10.8. The van der Waals surface area contributed by atoms with Crippen molar-refractivity contribution in [1.82, 2.24) is 4.90 Å². The summed E-state index contributed by atoms with van der Waals surface area (Å²) in [6.07, 6.45) is -1.81. The maximum Gasteiger partial charge on any atom is 0.416 e. The van der Waals surface area contributed by atoms with E-state index in [1.54, 1.807) is 29.2 Å². The fraction of sp³-hybridized carbons (Fsp3) is 0.333. The van der Waals surface area contributed by atoms with Crippen LogP contribution in [0, 0.1) is 10.1 Å². The number of rotatable bonds is 6. The SMILES string of the molecule is O=C(CSc1ccc(C(F)(F)F)cc1[N+](=O)[O-])Nc1ccccc1C(=O)N1CCCCC1. The quantitative estimate of drug-likeness (QED) is 0.368. The first-order chi connectivity index (χ1) is 15.2. The summed E-state index contributed by atoms with van der Waals surface area (Å²) in [5.41, 5.74) is -1.20. The van der Waals surface area contributed by atoms with Crippen LogP contribution in [0.25, 0.3) is 0 Å². The number of carbonyl (C=O) groups excluding carboxylic acids is 2. The highest BCUT2D eigenvalue weighted by atomic mass is 32.2. The van der Waals surface area contributed by atoms with E-state index in [0.29, 0.717) is 30.4 Å². The minimum absolute atomic E-state index is 0.0594. The van der Waals surface area contributed by atoms with Crippen molar-refractivity contribution in [3.63, 3.8) is 0 Å². The van der Waals surface area contributed by atoms with Gasteiger partial charge in [0.05, 0.1) is 32.4 Å². The van der Waals surface area contributed by atoms with Crippen LogP contribution in [0.3, 0.4) is 0 Å². The van der Waals surface area contributed by atoms with E-state index in [0.717, 1.165) is 43.2 Å². The number of para-hydroxylation sites is 1. The number of hydrogen-bond donors (Lipinski definition) is 1. The lowest BCUT2D eigenvalue weighted by atomic mass is 10.1. The van der Waals surface area contributed by atoms with Gasteiger partial charge < -0.3 is 10.2 Å². The maximum absolute atomic E-state index is 12.8. The smallest absolute Gasteiger partial charge is 0.339 e. The molecule has 0 spiro atoms. The van der Waals surface area contributed by atoms with Crippen molar-refractivity contribution in [3.8, 4) is 0 Å². The predicted molar refractivity (Wildman–Crippen MR) is 114 cm³/mol. The number of nitrogens with zero attached hydrogens (tertiary/aromatic N) is 2. The summed E-state index contributed by atoms with van der Waals surface area (Å²) in [5.74, 6) is -1.01. The highest BCUT2D eigenvalue weighted by molar-refractivity contribution is 8.00. The molecule has 0 radical (unpaired) electrons. The fourth-order valence-electron chi connectivity index (χ4n) is 3.33. The van der Waals surface area contributed by atoms with Crippen molar-refractivity contribution in [2.45, 2.75) is 30.3 Å². The van der Waals surface area contributed by atoms with Crippen LogP contribution >= 0.6 is 11.8 Å². The molecule has 0 unspecified atom stereocenters. The average Bonchev–Trinajstić information content (AvgIpc) is 2.77. The minimum Gasteiger partial charge on any atom is -0.339 e. The number of hydrogen-bond acceptors (Lipinski definition) is 5. The van der Waals surface area contributed by atoms with E-state index in [2.05, 4.69) is 5.32 Å². The van der Waals surface area contributed by atoms with Crippen LogP contribution in [0.15, 0.2) is 47.4 Å². The lowest BCUT2D eigenvalue weighted by Crippen LogP contribution is -2.36. The number of piperidine rings is 1. The summed E-state index contributed by atoms with van der Waals surface area (Å²) < 4.78 is 38.5. The first kappa shape index (κ1) is 23.6. The summed E-state index contributed by atoms with van der Waals surface area (Å²) in [4.78, 5) is 37.2. The lowest BCUT2D eigenvalue weighted by Gasteiger charge is -2.27. The molecule has 1 N–H and O–H groups in total. The zero-order valence-corrected chi connectivity index (χ0v) is 17.7. The van der Waals surface area contributed by atoms with Crippen LogP contribution in [0.4, 0.5) is 24.5 Å². The molecule has 0 bridgehead atoms. The molecular formula is C21H20F3N3O4S. The summed E-state index contributed by atoms with van der Waals surface area (Å²) in [6.45, 7) is 1.29. The van der Waals surface area contributed by atoms with E-state index in [9.17, 15) is 32.9 Å². The molecule has 1 aliphatic rings. The van der Waals surface area contributed by atoms with Crippen LogP contribution in [0.1, 0.15) is 35.2 Å². The molecule has 7 nitrogen and oxygen atoms in total. The van der Waals surface area contributed by atoms with E-state index in [-0.39, 0.29) is 16.6 Å². The number of nitro benzene ring substituents is 1. The van der Waals surface area contributed by atoms with E-state index in [1.807, 2.05) is 0 Å². The van der Waals surface area contributed by atoms with Gasteiger partial charge in [0, 0.05) is 19.2 Å². The average molecular weight is 467 g/mol. The zero-order chi connectivity index (χ0) is 23.3. The van der Waals surface area contributed by atoms with Gasteiger partial charge in [-0.25, -0.2) is 0 Å². The summed E-state index contributed by atoms with van der Waals surface area (Å²) in [7, 11) is 0. The summed E-state index contributed by atoms with van der Waals surface area (Å²) >= 11 is 0.748. The third-order valence-corrected chi connectivity index (χ3v) is 5.98. The number of nitrogens with one attached hydrogen (secondary N) is 1. The van der Waals surface area contributed by atoms with Crippen molar-refractivity contribution in [1.29, 1.82) is 0 Å². The Hall–Kier alpha value is -3.08. The zero-order valence-electron chi connectivity index (χ0n) is 16.9. The van der Waals surface area contributed by atoms with Crippen molar-refractivity contribution in [3.05, 3.63) is 63.7 Å². The maximum atomic E-state index is 12.8. The topological polar surface area (TPSA) is 92.5 Å². The fourth-order valence-corrected chi connectivity index (χ4v) is 4.14. The van der Waals surface area contributed by atoms with E-state index in [1.165, 1.54) is 0 Å². The Balaban J connectivity index is 1.70. The molecule has 3 rings (SSSR count). The van der Waals surface area contributed by atoms with Gasteiger partial charge in [0.2, 0.25) is 5.91 Å². The second kappa shape index (κ2) is 10.0. The molecule has 1 aliphatic heterocycles. The molecule has 32 heavy (non-hydrogen) atoms. The van der Waals surface area contributed by atoms with Gasteiger partial charge in [-0.3, -0.25) is 19.7 Å². The molecule has 0 saturated carbocycles. The Morgan fingerprint density at radius 3 is 2.44 bits per heavy atom. The second-order valence-electron chi connectivity index (χ2n) is 7.17. The molecule has 2 amide bonds. The molecule has 1 fully saturated rings. The Bertz CT molecular complexity index is 1020. The number of nitro groups is 1. The Morgan fingerprint density at radius 1 is 1.09 bits per heavy atom. The standard InChI is InChI=1S/C21H20F3N3O4S/c22-21(23,24)14-8-9-18(17(12-14)27(30)31)32-13-19(28)25-16-7-3-2-6-15(16)20(29)26-10-4-1-5-11-26/h2-3,6-9,12H,1,4-5,10-11,13H2,(H,25,28). The van der Waals surface area contributed by atoms with Gasteiger partial charge in [-0.2, -0.15) is 13.2 Å². The van der Waals surface area contributed by atoms with Crippen LogP contribution in [0.5, 0.6) is 0 Å². The van der Waals surface area contributed by atoms with E-state index in [4.69, 9.17) is 0 Å². The van der Waals surface area contributed by atoms with Crippen LogP contribution in [-0.4, -0.2) is 40.5 Å². The number of benzene rings is 2. The van der Waals surface area contributed by atoms with E-state index < -0.39 is 28.3 Å². The van der Waals surface area contributed by atoms with Gasteiger partial charge in [-0.05, 0) is 43.5 Å². The number of amides is 2. The molecule has 11 heteroatoms. The van der Waals surface area contributed by atoms with Crippen LogP contribution in [0.2, 0.25) is 0 Å². The van der Waals surface area contributed by atoms with E-state index >= 15 is 0 Å². The Morgan fingerprint density at radius 2 is 1.78 bits per heavy atom. The van der Waals surface area contributed by atoms with Gasteiger partial charge in [-0.15, -0.1) is 11.8 Å². The van der Waals surface area contributed by atoms with Gasteiger partial charge in [0.15, 0.2) is 0 Å². The summed E-state index contributed by atoms with van der Waals surface area (Å²) in [5, 5.41) is 13.8. The number of thioether (sulfide) groups is 1. The van der Waals surface area contributed by atoms with Gasteiger partial charge >= 0.3 is 6.18 Å². The normalized spacial score (nSPS) is 14.2. The first-order valence-electron chi connectivity index (χ1n) is 9.83. The third kappa shape index (κ3) is 5.78. The highest BCUT2D eigenvalue weighted by Crippen LogP contribution is 2.36. The van der Waals surface area contributed by atoms with Crippen LogP contribution in [-0.2, 0) is 11.0 Å². The Kier molecular flexibility index (Phi) is 7.39. The van der Waals surface area contributed by atoms with Gasteiger partial charge in [0.25, 0.3) is 11.6 Å². The summed E-state index contributed by atoms with van der Waals surface area (Å²) in [6, 6.07) is 8.71. The van der Waals surface area contributed by atoms with Crippen LogP contribution < -0.4 is 5.32 Å². The molecular weight excluding hydrogens is 447 g/mol. The van der Waals surface area contributed by atoms with Gasteiger partial charge in [0.1, 0.15) is 0 Å². The van der Waals surface area contributed by atoms with Crippen molar-refractivity contribution in [2.75, 3.05) is 24.2 Å². The van der Waals surface area contributed by atoms with Crippen molar-refractivity contribution >= 4 is 35.0 Å². The number of halogens is 3. The minimum atomic E-state index is -4.71. The lowest BCUT2D eigenvalue weighted by molar-refractivity contribution is -0.388. The second-order valence-corrected chi connectivity index (χ2v) is 8.19. The van der Waals surface area contributed by atoms with Gasteiger partial charge in [-0.1, -0.05) is 12.1 Å². The van der Waals surface area contributed by atoms with Crippen molar-refractivity contribution in [2.24, 2.45) is 0 Å². The molecule has 0 aromatic heterocycles.